The molecular formula is C17H22O4. The number of ether oxygens (including phenoxy) is 1. The van der Waals surface area contributed by atoms with Crippen molar-refractivity contribution in [1.29, 1.82) is 0 Å². The highest BCUT2D eigenvalue weighted by Crippen LogP contribution is 2.43. The van der Waals surface area contributed by atoms with Gasteiger partial charge < -0.3 is 9.84 Å². The number of carboxylic acids is 1. The molecule has 21 heavy (non-hydrogen) atoms. The van der Waals surface area contributed by atoms with Crippen LogP contribution in [-0.2, 0) is 14.3 Å². The summed E-state index contributed by atoms with van der Waals surface area (Å²) in [5.41, 5.74) is -0.797. The van der Waals surface area contributed by atoms with Gasteiger partial charge in [-0.3, -0.25) is 4.79 Å². The molecule has 0 aromatic heterocycles. The summed E-state index contributed by atoms with van der Waals surface area (Å²) in [7, 11) is 0. The first-order chi connectivity index (χ1) is 9.97. The lowest BCUT2D eigenvalue weighted by Crippen LogP contribution is -2.51. The molecule has 114 valence electrons. The Labute approximate surface area is 125 Å². The van der Waals surface area contributed by atoms with E-state index in [1.54, 1.807) is 31.2 Å². The van der Waals surface area contributed by atoms with E-state index in [-0.39, 0.29) is 11.5 Å². The second-order valence-corrected chi connectivity index (χ2v) is 5.92. The van der Waals surface area contributed by atoms with E-state index in [4.69, 9.17) is 4.74 Å². The maximum atomic E-state index is 12.1. The maximum Gasteiger partial charge on any atom is 0.334 e. The van der Waals surface area contributed by atoms with E-state index >= 15 is 0 Å². The molecule has 0 aromatic carbocycles. The van der Waals surface area contributed by atoms with Gasteiger partial charge in [-0.2, -0.15) is 0 Å². The molecule has 0 bridgehead atoms. The molecular weight excluding hydrogens is 268 g/mol. The Balaban J connectivity index is 2.38. The molecule has 2 unspecified atom stereocenters. The summed E-state index contributed by atoms with van der Waals surface area (Å²) >= 11 is 0. The number of aliphatic carboxylic acids is 1. The molecule has 1 fully saturated rings. The normalized spacial score (nSPS) is 29.1. The molecule has 4 nitrogen and oxygen atoms in total. The number of esters is 1. The van der Waals surface area contributed by atoms with Crippen LogP contribution in [0.4, 0.5) is 0 Å². The smallest absolute Gasteiger partial charge is 0.334 e. The molecule has 0 amide bonds. The second kappa shape index (κ2) is 6.29. The first-order valence-electron chi connectivity index (χ1n) is 7.45. The zero-order valence-corrected chi connectivity index (χ0v) is 12.4. The van der Waals surface area contributed by atoms with Crippen molar-refractivity contribution >= 4 is 11.9 Å². The number of carbonyl (C=O) groups is 2. The monoisotopic (exact) mass is 290 g/mol. The van der Waals surface area contributed by atoms with Crippen LogP contribution >= 0.6 is 0 Å². The molecule has 0 aromatic rings. The molecule has 0 aliphatic heterocycles. The van der Waals surface area contributed by atoms with Crippen LogP contribution in [0.15, 0.2) is 36.5 Å². The van der Waals surface area contributed by atoms with Gasteiger partial charge in [-0.25, -0.2) is 4.79 Å². The number of hydrogen-bond donors (Lipinski definition) is 1. The first-order valence-corrected chi connectivity index (χ1v) is 7.45. The van der Waals surface area contributed by atoms with Crippen LogP contribution in [-0.4, -0.2) is 22.6 Å². The van der Waals surface area contributed by atoms with Crippen LogP contribution in [0.5, 0.6) is 0 Å². The Bertz CT molecular complexity index is 497. The van der Waals surface area contributed by atoms with Crippen molar-refractivity contribution in [2.75, 3.05) is 0 Å². The zero-order chi connectivity index (χ0) is 15.5. The van der Waals surface area contributed by atoms with E-state index < -0.39 is 23.5 Å². The summed E-state index contributed by atoms with van der Waals surface area (Å²) in [5, 5.41) is 9.56. The topological polar surface area (TPSA) is 63.6 Å². The third-order valence-corrected chi connectivity index (χ3v) is 4.38. The molecule has 0 saturated heterocycles. The molecule has 0 radical (unpaired) electrons. The molecule has 1 N–H and O–H groups in total. The third kappa shape index (κ3) is 3.09. The van der Waals surface area contributed by atoms with Crippen LogP contribution in [0.1, 0.15) is 39.0 Å². The molecule has 1 saturated carbocycles. The molecule has 4 heteroatoms. The number of hydrogen-bond acceptors (Lipinski definition) is 3. The van der Waals surface area contributed by atoms with E-state index in [1.165, 1.54) is 0 Å². The Morgan fingerprint density at radius 1 is 1.24 bits per heavy atom. The molecule has 2 aliphatic carbocycles. The summed E-state index contributed by atoms with van der Waals surface area (Å²) in [4.78, 5) is 23.7. The maximum absolute atomic E-state index is 12.1. The number of carbonyl (C=O) groups excluding carboxylic acids is 1. The second-order valence-electron chi connectivity index (χ2n) is 5.92. The van der Waals surface area contributed by atoms with Crippen LogP contribution in [0.3, 0.4) is 0 Å². The largest absolute Gasteiger partial charge is 0.481 e. The van der Waals surface area contributed by atoms with Crippen molar-refractivity contribution in [2.24, 2.45) is 11.8 Å². The average molecular weight is 290 g/mol. The van der Waals surface area contributed by atoms with Gasteiger partial charge in [0.25, 0.3) is 0 Å². The molecule has 2 aliphatic rings. The van der Waals surface area contributed by atoms with E-state index in [1.807, 2.05) is 0 Å². The van der Waals surface area contributed by atoms with Crippen molar-refractivity contribution in [3.63, 3.8) is 0 Å². The third-order valence-electron chi connectivity index (χ3n) is 4.38. The average Bonchev–Trinajstić information content (AvgIpc) is 2.48. The first kappa shape index (κ1) is 15.5. The number of allylic oxidation sites excluding steroid dienone is 2. The van der Waals surface area contributed by atoms with Crippen molar-refractivity contribution < 1.29 is 19.4 Å². The van der Waals surface area contributed by atoms with Crippen LogP contribution in [0, 0.1) is 11.8 Å². The van der Waals surface area contributed by atoms with Crippen molar-refractivity contribution in [3.05, 3.63) is 36.5 Å². The van der Waals surface area contributed by atoms with Gasteiger partial charge in [0.2, 0.25) is 0 Å². The molecule has 2 rings (SSSR count). The number of rotatable bonds is 4. The minimum Gasteiger partial charge on any atom is -0.481 e. The number of carboxylic acid groups (broad SMARTS) is 1. The standard InChI is InChI=1S/C17H22O4/c1-12(2)16(20)21-17(13-8-4-3-5-9-13)11-7-6-10-14(17)15(18)19/h6-7,10-11,13-14H,1,3-5,8-9H2,2H3,(H,18,19). The van der Waals surface area contributed by atoms with Crippen molar-refractivity contribution in [3.8, 4) is 0 Å². The fourth-order valence-corrected chi connectivity index (χ4v) is 3.28. The summed E-state index contributed by atoms with van der Waals surface area (Å²) in [5.74, 6) is -2.28. The fourth-order valence-electron chi connectivity index (χ4n) is 3.28. The summed E-state index contributed by atoms with van der Waals surface area (Å²) in [6.45, 7) is 5.18. The Kier molecular flexibility index (Phi) is 4.66. The summed E-state index contributed by atoms with van der Waals surface area (Å²) < 4.78 is 5.70. The SMILES string of the molecule is C=C(C)C(=O)OC1(C2CCCCC2)C=CC=CC1C(=O)O. The van der Waals surface area contributed by atoms with E-state index in [2.05, 4.69) is 6.58 Å². The van der Waals surface area contributed by atoms with Gasteiger partial charge in [0, 0.05) is 11.5 Å². The van der Waals surface area contributed by atoms with Gasteiger partial charge in [-0.1, -0.05) is 44.1 Å². The van der Waals surface area contributed by atoms with Crippen molar-refractivity contribution in [2.45, 2.75) is 44.6 Å². The highest BCUT2D eigenvalue weighted by molar-refractivity contribution is 5.88. The summed E-state index contributed by atoms with van der Waals surface area (Å²) in [6, 6.07) is 0. The van der Waals surface area contributed by atoms with Gasteiger partial charge >= 0.3 is 11.9 Å². The predicted octanol–water partition coefficient (Wildman–Crippen LogP) is 3.25. The lowest BCUT2D eigenvalue weighted by atomic mass is 9.68. The van der Waals surface area contributed by atoms with Gasteiger partial charge in [0.1, 0.15) is 5.92 Å². The molecule has 0 spiro atoms. The van der Waals surface area contributed by atoms with Gasteiger partial charge in [-0.15, -0.1) is 0 Å². The van der Waals surface area contributed by atoms with E-state index in [0.717, 1.165) is 32.1 Å². The van der Waals surface area contributed by atoms with Crippen LogP contribution < -0.4 is 0 Å². The minimum atomic E-state index is -1.09. The Morgan fingerprint density at radius 3 is 2.48 bits per heavy atom. The van der Waals surface area contributed by atoms with Crippen LogP contribution in [0.2, 0.25) is 0 Å². The van der Waals surface area contributed by atoms with Crippen LogP contribution in [0.25, 0.3) is 0 Å². The fraction of sp³-hybridized carbons (Fsp3) is 0.529. The highest BCUT2D eigenvalue weighted by atomic mass is 16.6. The minimum absolute atomic E-state index is 0.0387. The molecule has 0 heterocycles. The quantitative estimate of drug-likeness (QED) is 0.637. The lowest BCUT2D eigenvalue weighted by molar-refractivity contribution is -0.169. The summed E-state index contributed by atoms with van der Waals surface area (Å²) in [6.07, 6.45) is 11.8. The molecule has 2 atom stereocenters. The zero-order valence-electron chi connectivity index (χ0n) is 12.4. The van der Waals surface area contributed by atoms with E-state index in [9.17, 15) is 14.7 Å². The lowest BCUT2D eigenvalue weighted by Gasteiger charge is -2.43. The van der Waals surface area contributed by atoms with Gasteiger partial charge in [0.05, 0.1) is 0 Å². The highest BCUT2D eigenvalue weighted by Gasteiger charge is 2.50. The van der Waals surface area contributed by atoms with Gasteiger partial charge in [-0.05, 0) is 25.8 Å². The van der Waals surface area contributed by atoms with Gasteiger partial charge in [0.15, 0.2) is 5.60 Å². The van der Waals surface area contributed by atoms with Crippen molar-refractivity contribution in [1.82, 2.24) is 0 Å². The predicted molar refractivity (Wildman–Crippen MR) is 79.6 cm³/mol. The van der Waals surface area contributed by atoms with E-state index in [0.29, 0.717) is 0 Å². The Morgan fingerprint density at radius 2 is 1.90 bits per heavy atom. The Hall–Kier alpha value is -1.84.